The van der Waals surface area contributed by atoms with Gasteiger partial charge in [-0.3, -0.25) is 28.8 Å². The van der Waals surface area contributed by atoms with Crippen molar-refractivity contribution in [2.24, 2.45) is 0 Å². The fraction of sp³-hybridized carbons (Fsp3) is 0.286. The van der Waals surface area contributed by atoms with E-state index in [1.54, 1.807) is 24.3 Å². The van der Waals surface area contributed by atoms with Crippen molar-refractivity contribution >= 4 is 34.3 Å². The molecule has 0 bridgehead atoms. The van der Waals surface area contributed by atoms with Gasteiger partial charge in [-0.05, 0) is 30.5 Å². The van der Waals surface area contributed by atoms with Crippen molar-refractivity contribution in [2.45, 2.75) is 29.8 Å². The second-order valence-electron chi connectivity index (χ2n) is 6.93. The van der Waals surface area contributed by atoms with Crippen LogP contribution in [0.2, 0.25) is 0 Å². The van der Waals surface area contributed by atoms with Gasteiger partial charge in [0.2, 0.25) is 5.91 Å². The van der Waals surface area contributed by atoms with Gasteiger partial charge < -0.3 is 10.2 Å². The number of amides is 1. The molecule has 1 amide bonds. The van der Waals surface area contributed by atoms with E-state index in [9.17, 15) is 28.8 Å². The standard InChI is InChI=1S/C21H22N2O6S/c24-19(25)12-23-17-8-4-5-9-18(17)30(29)13-16(20(23)26)22-15(21(27)28)11-10-14-6-2-1-3-7-14/h1-9,15-16,22H,10-13H2,(H,24,25)(H,27,28)/t15?,16-,30?/m0/s1. The van der Waals surface area contributed by atoms with Crippen LogP contribution in [0.5, 0.6) is 0 Å². The number of carbonyl (C=O) groups excluding carboxylic acids is 1. The molecule has 3 atom stereocenters. The lowest BCUT2D eigenvalue weighted by Crippen LogP contribution is -2.54. The molecule has 30 heavy (non-hydrogen) atoms. The number of benzene rings is 2. The average Bonchev–Trinajstić information content (AvgIpc) is 2.82. The maximum absolute atomic E-state index is 13.1. The van der Waals surface area contributed by atoms with E-state index in [-0.39, 0.29) is 17.9 Å². The van der Waals surface area contributed by atoms with E-state index in [4.69, 9.17) is 0 Å². The summed E-state index contributed by atoms with van der Waals surface area (Å²) in [4.78, 5) is 37.6. The Morgan fingerprint density at radius 3 is 2.43 bits per heavy atom. The molecule has 8 nitrogen and oxygen atoms in total. The van der Waals surface area contributed by atoms with E-state index < -0.39 is 47.3 Å². The number of fused-ring (bicyclic) bond motifs is 1. The minimum atomic E-state index is -1.60. The number of carboxylic acids is 2. The average molecular weight is 430 g/mol. The van der Waals surface area contributed by atoms with Gasteiger partial charge in [0.25, 0.3) is 0 Å². The Labute approximate surface area is 176 Å². The summed E-state index contributed by atoms with van der Waals surface area (Å²) in [6, 6.07) is 13.6. The summed E-state index contributed by atoms with van der Waals surface area (Å²) in [5.41, 5.74) is 1.23. The highest BCUT2D eigenvalue weighted by atomic mass is 32.2. The van der Waals surface area contributed by atoms with Gasteiger partial charge in [-0.1, -0.05) is 42.5 Å². The Balaban J connectivity index is 1.83. The second kappa shape index (κ2) is 9.64. The maximum Gasteiger partial charge on any atom is 0.323 e. The fourth-order valence-electron chi connectivity index (χ4n) is 3.39. The highest BCUT2D eigenvalue weighted by Gasteiger charge is 2.36. The molecule has 0 aliphatic carbocycles. The van der Waals surface area contributed by atoms with E-state index >= 15 is 0 Å². The van der Waals surface area contributed by atoms with Crippen molar-refractivity contribution in [3.05, 3.63) is 60.2 Å². The summed E-state index contributed by atoms with van der Waals surface area (Å²) >= 11 is 0. The van der Waals surface area contributed by atoms with E-state index in [1.807, 2.05) is 30.3 Å². The first-order valence-corrected chi connectivity index (χ1v) is 10.7. The number of anilines is 1. The number of carboxylic acid groups (broad SMARTS) is 2. The first-order chi connectivity index (χ1) is 14.4. The van der Waals surface area contributed by atoms with Gasteiger partial charge in [0.15, 0.2) is 0 Å². The molecular weight excluding hydrogens is 408 g/mol. The molecule has 0 saturated heterocycles. The van der Waals surface area contributed by atoms with E-state index in [0.717, 1.165) is 10.5 Å². The van der Waals surface area contributed by atoms with Crippen molar-refractivity contribution in [1.29, 1.82) is 0 Å². The normalized spacial score (nSPS) is 19.6. The molecule has 2 aromatic rings. The molecule has 2 unspecified atom stereocenters. The highest BCUT2D eigenvalue weighted by molar-refractivity contribution is 7.85. The van der Waals surface area contributed by atoms with Crippen LogP contribution in [0.4, 0.5) is 5.69 Å². The van der Waals surface area contributed by atoms with Crippen LogP contribution in [0, 0.1) is 0 Å². The smallest absolute Gasteiger partial charge is 0.323 e. The molecule has 1 aliphatic heterocycles. The number of hydrogen-bond acceptors (Lipinski definition) is 5. The minimum Gasteiger partial charge on any atom is -0.480 e. The number of rotatable bonds is 8. The molecule has 0 spiro atoms. The van der Waals surface area contributed by atoms with Gasteiger partial charge in [-0.2, -0.15) is 0 Å². The lowest BCUT2D eigenvalue weighted by Gasteiger charge is -2.26. The zero-order valence-electron chi connectivity index (χ0n) is 16.1. The molecule has 2 aromatic carbocycles. The predicted molar refractivity (Wildman–Crippen MR) is 111 cm³/mol. The Bertz CT molecular complexity index is 965. The van der Waals surface area contributed by atoms with Crippen LogP contribution in [0.3, 0.4) is 0 Å². The molecule has 9 heteroatoms. The van der Waals surface area contributed by atoms with E-state index in [2.05, 4.69) is 5.32 Å². The Morgan fingerprint density at radius 2 is 1.77 bits per heavy atom. The van der Waals surface area contributed by atoms with Gasteiger partial charge in [0.1, 0.15) is 12.6 Å². The number of hydrogen-bond donors (Lipinski definition) is 3. The number of aryl methyl sites for hydroxylation is 1. The lowest BCUT2D eigenvalue weighted by molar-refractivity contribution is -0.140. The third kappa shape index (κ3) is 5.11. The Kier molecular flexibility index (Phi) is 6.96. The monoisotopic (exact) mass is 430 g/mol. The van der Waals surface area contributed by atoms with Crippen LogP contribution in [-0.2, 0) is 31.6 Å². The number of nitrogens with one attached hydrogen (secondary N) is 1. The third-order valence-corrected chi connectivity index (χ3v) is 6.31. The van der Waals surface area contributed by atoms with Crippen LogP contribution in [0.1, 0.15) is 12.0 Å². The summed E-state index contributed by atoms with van der Waals surface area (Å²) in [7, 11) is -1.60. The summed E-state index contributed by atoms with van der Waals surface area (Å²) in [6.45, 7) is -0.604. The summed E-state index contributed by atoms with van der Waals surface area (Å²) in [6.07, 6.45) is 0.704. The predicted octanol–water partition coefficient (Wildman–Crippen LogP) is 1.27. The SMILES string of the molecule is O=C(O)CN1C(=O)[C@@H](NC(CCc2ccccc2)C(=O)O)CS(=O)c2ccccc21. The molecular formula is C21H22N2O6S. The largest absolute Gasteiger partial charge is 0.480 e. The topological polar surface area (TPSA) is 124 Å². The number of carbonyl (C=O) groups is 3. The molecule has 0 aromatic heterocycles. The van der Waals surface area contributed by atoms with Crippen LogP contribution >= 0.6 is 0 Å². The van der Waals surface area contributed by atoms with Crippen LogP contribution in [-0.4, -0.2) is 56.6 Å². The third-order valence-electron chi connectivity index (χ3n) is 4.84. The van der Waals surface area contributed by atoms with Crippen molar-refractivity contribution in [3.8, 4) is 0 Å². The molecule has 0 radical (unpaired) electrons. The van der Waals surface area contributed by atoms with Crippen LogP contribution < -0.4 is 10.2 Å². The van der Waals surface area contributed by atoms with E-state index in [1.165, 1.54) is 0 Å². The molecule has 3 N–H and O–H groups in total. The van der Waals surface area contributed by atoms with Crippen molar-refractivity contribution in [2.75, 3.05) is 17.2 Å². The molecule has 158 valence electrons. The van der Waals surface area contributed by atoms with Crippen molar-refractivity contribution in [1.82, 2.24) is 5.32 Å². The zero-order chi connectivity index (χ0) is 21.7. The summed E-state index contributed by atoms with van der Waals surface area (Å²) in [5, 5.41) is 21.7. The fourth-order valence-corrected chi connectivity index (χ4v) is 4.75. The van der Waals surface area contributed by atoms with E-state index in [0.29, 0.717) is 11.3 Å². The van der Waals surface area contributed by atoms with Crippen molar-refractivity contribution in [3.63, 3.8) is 0 Å². The maximum atomic E-state index is 13.1. The summed E-state index contributed by atoms with van der Waals surface area (Å²) < 4.78 is 12.8. The highest BCUT2D eigenvalue weighted by Crippen LogP contribution is 2.28. The Hall–Kier alpha value is -3.04. The lowest BCUT2D eigenvalue weighted by atomic mass is 10.0. The molecule has 3 rings (SSSR count). The quantitative estimate of drug-likeness (QED) is 0.576. The molecule has 1 aliphatic rings. The van der Waals surface area contributed by atoms with Crippen LogP contribution in [0.15, 0.2) is 59.5 Å². The summed E-state index contributed by atoms with van der Waals surface area (Å²) in [5.74, 6) is -3.10. The molecule has 0 saturated carbocycles. The Morgan fingerprint density at radius 1 is 1.10 bits per heavy atom. The first kappa shape index (κ1) is 21.7. The van der Waals surface area contributed by atoms with Gasteiger partial charge in [0, 0.05) is 0 Å². The number of aliphatic carboxylic acids is 2. The van der Waals surface area contributed by atoms with Crippen LogP contribution in [0.25, 0.3) is 0 Å². The minimum absolute atomic E-state index is 0.138. The van der Waals surface area contributed by atoms with Gasteiger partial charge in [-0.15, -0.1) is 0 Å². The van der Waals surface area contributed by atoms with Crippen molar-refractivity contribution < 1.29 is 28.8 Å². The number of nitrogens with zero attached hydrogens (tertiary/aromatic N) is 1. The molecule has 0 fully saturated rings. The van der Waals surface area contributed by atoms with Gasteiger partial charge in [-0.25, -0.2) is 0 Å². The first-order valence-electron chi connectivity index (χ1n) is 9.40. The zero-order valence-corrected chi connectivity index (χ0v) is 16.9. The molecule has 1 heterocycles. The second-order valence-corrected chi connectivity index (χ2v) is 8.40. The number of para-hydroxylation sites is 1. The van der Waals surface area contributed by atoms with Gasteiger partial charge in [0.05, 0.1) is 33.2 Å². The van der Waals surface area contributed by atoms with Gasteiger partial charge >= 0.3 is 11.9 Å².